The fourth-order valence-electron chi connectivity index (χ4n) is 2.23. The summed E-state index contributed by atoms with van der Waals surface area (Å²) >= 11 is 0. The minimum absolute atomic E-state index is 0.0531. The molecule has 2 heterocycles. The molecule has 4 nitrogen and oxygen atoms in total. The molecule has 2 aliphatic heterocycles. The number of hydrogen-bond acceptors (Lipinski definition) is 3. The van der Waals surface area contributed by atoms with Gasteiger partial charge in [0.15, 0.2) is 0 Å². The van der Waals surface area contributed by atoms with Crippen LogP contribution in [0, 0.1) is 0 Å². The van der Waals surface area contributed by atoms with Gasteiger partial charge in [0.25, 0.3) is 0 Å². The molecule has 2 rings (SSSR count). The van der Waals surface area contributed by atoms with Crippen molar-refractivity contribution in [2.75, 3.05) is 19.7 Å². The normalized spacial score (nSPS) is 23.7. The third-order valence-corrected chi connectivity index (χ3v) is 3.33. The van der Waals surface area contributed by atoms with Crippen LogP contribution in [0.1, 0.15) is 40.5 Å². The van der Waals surface area contributed by atoms with E-state index in [9.17, 15) is 4.79 Å². The lowest BCUT2D eigenvalue weighted by atomic mass is 9.88. The number of hydrogen-bond donors (Lipinski definition) is 1. The summed E-state index contributed by atoms with van der Waals surface area (Å²) < 4.78 is 4.97. The van der Waals surface area contributed by atoms with Gasteiger partial charge in [-0.1, -0.05) is 13.8 Å². The summed E-state index contributed by atoms with van der Waals surface area (Å²) in [4.78, 5) is 13.4. The van der Waals surface area contributed by atoms with Gasteiger partial charge in [0.05, 0.1) is 5.54 Å². The number of nitrogens with one attached hydrogen (secondary N) is 1. The number of cyclic esters (lactones) is 1. The summed E-state index contributed by atoms with van der Waals surface area (Å²) in [6.07, 6.45) is 1.77. The van der Waals surface area contributed by atoms with Crippen LogP contribution in [0.2, 0.25) is 0 Å². The molecule has 16 heavy (non-hydrogen) atoms. The molecule has 0 bridgehead atoms. The Balaban J connectivity index is 0.000000606. The van der Waals surface area contributed by atoms with Crippen molar-refractivity contribution in [1.29, 1.82) is 0 Å². The largest absolute Gasteiger partial charge is 0.447 e. The van der Waals surface area contributed by atoms with E-state index < -0.39 is 0 Å². The minimum Gasteiger partial charge on any atom is -0.447 e. The van der Waals surface area contributed by atoms with Gasteiger partial charge in [-0.2, -0.15) is 0 Å². The van der Waals surface area contributed by atoms with Gasteiger partial charge < -0.3 is 15.0 Å². The van der Waals surface area contributed by atoms with Crippen LogP contribution >= 0.6 is 0 Å². The summed E-state index contributed by atoms with van der Waals surface area (Å²) in [5.41, 5.74) is -0.0531. The average Bonchev–Trinajstić information content (AvgIpc) is 2.64. The van der Waals surface area contributed by atoms with Crippen LogP contribution in [0.3, 0.4) is 0 Å². The molecule has 2 saturated heterocycles. The van der Waals surface area contributed by atoms with E-state index in [1.54, 1.807) is 0 Å². The van der Waals surface area contributed by atoms with Crippen molar-refractivity contribution in [1.82, 2.24) is 10.2 Å². The second kappa shape index (κ2) is 5.53. The van der Waals surface area contributed by atoms with Gasteiger partial charge in [-0.3, -0.25) is 0 Å². The van der Waals surface area contributed by atoms with Gasteiger partial charge in [0.2, 0.25) is 0 Å². The molecule has 0 saturated carbocycles. The van der Waals surface area contributed by atoms with Crippen LogP contribution in [0.25, 0.3) is 0 Å². The highest BCUT2D eigenvalue weighted by molar-refractivity contribution is 5.70. The van der Waals surface area contributed by atoms with Gasteiger partial charge in [-0.25, -0.2) is 4.79 Å². The van der Waals surface area contributed by atoms with E-state index >= 15 is 0 Å². The topological polar surface area (TPSA) is 41.6 Å². The van der Waals surface area contributed by atoms with E-state index in [1.807, 2.05) is 13.8 Å². The van der Waals surface area contributed by atoms with Gasteiger partial charge in [-0.05, 0) is 26.7 Å². The van der Waals surface area contributed by atoms with Crippen molar-refractivity contribution < 1.29 is 9.53 Å². The molecule has 0 unspecified atom stereocenters. The third-order valence-electron chi connectivity index (χ3n) is 3.33. The first-order valence-corrected chi connectivity index (χ1v) is 6.30. The number of rotatable bonds is 1. The van der Waals surface area contributed by atoms with Crippen LogP contribution in [0.5, 0.6) is 0 Å². The van der Waals surface area contributed by atoms with Crippen LogP contribution in [0.15, 0.2) is 0 Å². The van der Waals surface area contributed by atoms with Gasteiger partial charge >= 0.3 is 6.09 Å². The second-order valence-electron chi connectivity index (χ2n) is 4.61. The summed E-state index contributed by atoms with van der Waals surface area (Å²) in [6, 6.07) is 0.602. The predicted octanol–water partition coefficient (Wildman–Crippen LogP) is 2.00. The number of carbonyl (C=O) groups is 1. The van der Waals surface area contributed by atoms with E-state index in [-0.39, 0.29) is 11.6 Å². The smallest absolute Gasteiger partial charge is 0.407 e. The number of likely N-dealkylation sites (tertiary alicyclic amines) is 1. The summed E-state index contributed by atoms with van der Waals surface area (Å²) in [5, 5.41) is 2.94. The minimum atomic E-state index is -0.247. The lowest BCUT2D eigenvalue weighted by molar-refractivity contribution is 0.108. The zero-order valence-electron chi connectivity index (χ0n) is 10.9. The summed E-state index contributed by atoms with van der Waals surface area (Å²) in [6.45, 7) is 11.1. The van der Waals surface area contributed by atoms with Gasteiger partial charge in [0.1, 0.15) is 6.61 Å². The highest BCUT2D eigenvalue weighted by Gasteiger charge is 2.42. The van der Waals surface area contributed by atoms with Crippen molar-refractivity contribution in [2.24, 2.45) is 0 Å². The molecule has 0 aromatic rings. The molecule has 2 fully saturated rings. The molecule has 1 amide bonds. The van der Waals surface area contributed by atoms with Crippen LogP contribution in [-0.4, -0.2) is 42.3 Å². The van der Waals surface area contributed by atoms with Gasteiger partial charge in [0, 0.05) is 19.1 Å². The molecular weight excluding hydrogens is 204 g/mol. The van der Waals surface area contributed by atoms with Crippen molar-refractivity contribution in [3.8, 4) is 0 Å². The lowest BCUT2D eigenvalue weighted by Gasteiger charge is -2.39. The van der Waals surface area contributed by atoms with E-state index in [0.717, 1.165) is 25.9 Å². The third kappa shape index (κ3) is 2.88. The Hall–Kier alpha value is -0.770. The first-order chi connectivity index (χ1) is 7.61. The van der Waals surface area contributed by atoms with Crippen molar-refractivity contribution in [3.63, 3.8) is 0 Å². The maximum absolute atomic E-state index is 11.0. The fraction of sp³-hybridized carbons (Fsp3) is 0.917. The zero-order valence-corrected chi connectivity index (χ0v) is 10.9. The first-order valence-electron chi connectivity index (χ1n) is 6.30. The Morgan fingerprint density at radius 3 is 2.25 bits per heavy atom. The van der Waals surface area contributed by atoms with Crippen LogP contribution in [-0.2, 0) is 4.74 Å². The first kappa shape index (κ1) is 13.3. The Labute approximate surface area is 98.3 Å². The SMILES string of the molecule is CC.CC(C)N1CCC2(CC1)COC(=O)N2. The molecule has 0 atom stereocenters. The zero-order chi connectivity index (χ0) is 12.2. The van der Waals surface area contributed by atoms with Crippen molar-refractivity contribution in [2.45, 2.75) is 52.1 Å². The van der Waals surface area contributed by atoms with Crippen LogP contribution in [0.4, 0.5) is 4.79 Å². The number of piperidine rings is 1. The quantitative estimate of drug-likeness (QED) is 0.746. The standard InChI is InChI=1S/C10H18N2O2.C2H6/c1-8(2)12-5-3-10(4-6-12)7-14-9(13)11-10;1-2/h8H,3-7H2,1-2H3,(H,11,13);1-2H3. The van der Waals surface area contributed by atoms with E-state index in [2.05, 4.69) is 24.1 Å². The van der Waals surface area contributed by atoms with Crippen LogP contribution < -0.4 is 5.32 Å². The fourth-order valence-corrected chi connectivity index (χ4v) is 2.23. The summed E-state index contributed by atoms with van der Waals surface area (Å²) in [5.74, 6) is 0. The molecule has 94 valence electrons. The Morgan fingerprint density at radius 2 is 1.88 bits per heavy atom. The van der Waals surface area contributed by atoms with Crippen molar-refractivity contribution >= 4 is 6.09 Å². The Kier molecular flexibility index (Phi) is 4.59. The predicted molar refractivity (Wildman–Crippen MR) is 64.5 cm³/mol. The number of amides is 1. The molecule has 0 aromatic heterocycles. The second-order valence-corrected chi connectivity index (χ2v) is 4.61. The van der Waals surface area contributed by atoms with Gasteiger partial charge in [-0.15, -0.1) is 0 Å². The maximum atomic E-state index is 11.0. The number of carbonyl (C=O) groups excluding carboxylic acids is 1. The number of ether oxygens (including phenoxy) is 1. The van der Waals surface area contributed by atoms with Crippen molar-refractivity contribution in [3.05, 3.63) is 0 Å². The molecule has 0 aromatic carbocycles. The monoisotopic (exact) mass is 228 g/mol. The number of alkyl carbamates (subject to hydrolysis) is 1. The molecule has 0 aliphatic carbocycles. The summed E-state index contributed by atoms with van der Waals surface area (Å²) in [7, 11) is 0. The molecule has 4 heteroatoms. The average molecular weight is 228 g/mol. The highest BCUT2D eigenvalue weighted by atomic mass is 16.6. The van der Waals surface area contributed by atoms with E-state index in [4.69, 9.17) is 4.74 Å². The molecule has 1 N–H and O–H groups in total. The Morgan fingerprint density at radius 1 is 1.31 bits per heavy atom. The van der Waals surface area contributed by atoms with E-state index in [0.29, 0.717) is 12.6 Å². The molecule has 0 radical (unpaired) electrons. The van der Waals surface area contributed by atoms with E-state index in [1.165, 1.54) is 0 Å². The number of nitrogens with zero attached hydrogens (tertiary/aromatic N) is 1. The molecule has 1 spiro atoms. The maximum Gasteiger partial charge on any atom is 0.407 e. The Bertz CT molecular complexity index is 233. The highest BCUT2D eigenvalue weighted by Crippen LogP contribution is 2.27. The lowest BCUT2D eigenvalue weighted by Crippen LogP contribution is -2.53. The molecular formula is C12H24N2O2. The molecule has 2 aliphatic rings.